The lowest BCUT2D eigenvalue weighted by Gasteiger charge is -2.30. The predicted molar refractivity (Wildman–Crippen MR) is 119 cm³/mol. The number of carbonyl (C=O) groups is 4. The number of benzene rings is 2. The van der Waals surface area contributed by atoms with Crippen LogP contribution in [0.4, 0.5) is 11.4 Å². The van der Waals surface area contributed by atoms with Crippen LogP contribution in [0, 0.1) is 32.1 Å². The fraction of sp³-hybridized carbons (Fsp3) is 0.304. The number of fused-ring (bicyclic) bond motifs is 1. The number of nitro groups is 2. The average Bonchev–Trinajstić information content (AvgIpc) is 3.12. The Balaban J connectivity index is 1.70. The van der Waals surface area contributed by atoms with Crippen molar-refractivity contribution in [2.24, 2.45) is 11.8 Å². The van der Waals surface area contributed by atoms with Crippen molar-refractivity contribution >= 4 is 34.9 Å². The van der Waals surface area contributed by atoms with Gasteiger partial charge in [0.15, 0.2) is 5.78 Å². The number of imide groups is 1. The third-order valence-electron chi connectivity index (χ3n) is 6.29. The Morgan fingerprint density at radius 1 is 0.857 bits per heavy atom. The van der Waals surface area contributed by atoms with Gasteiger partial charge in [-0.2, -0.15) is 5.01 Å². The highest BCUT2D eigenvalue weighted by atomic mass is 16.6. The summed E-state index contributed by atoms with van der Waals surface area (Å²) in [6.45, 7) is -0.712. The molecule has 35 heavy (non-hydrogen) atoms. The number of ketones is 1. The van der Waals surface area contributed by atoms with Gasteiger partial charge in [0.25, 0.3) is 29.1 Å². The summed E-state index contributed by atoms with van der Waals surface area (Å²) in [5.74, 6) is -3.96. The minimum atomic E-state index is -0.927. The van der Waals surface area contributed by atoms with Crippen LogP contribution < -0.4 is 0 Å². The van der Waals surface area contributed by atoms with Crippen LogP contribution in [-0.2, 0) is 9.59 Å². The SMILES string of the molecule is O=C(CN(C(=O)c1cccc([N+](=O)[O-])c1)N1C(=O)[C@@H]2CCCC[C@H]2C1=O)c1ccc([N+](=O)[O-])cc1. The lowest BCUT2D eigenvalue weighted by atomic mass is 9.81. The highest BCUT2D eigenvalue weighted by Gasteiger charge is 2.51. The van der Waals surface area contributed by atoms with E-state index in [4.69, 9.17) is 0 Å². The number of hydrogen-bond donors (Lipinski definition) is 0. The molecule has 2 aromatic rings. The molecule has 4 rings (SSSR count). The summed E-state index contributed by atoms with van der Waals surface area (Å²) in [6, 6.07) is 9.44. The molecule has 2 fully saturated rings. The summed E-state index contributed by atoms with van der Waals surface area (Å²) in [5.41, 5.74) is -0.750. The van der Waals surface area contributed by atoms with Crippen molar-refractivity contribution in [2.75, 3.05) is 6.54 Å². The van der Waals surface area contributed by atoms with Gasteiger partial charge in [0.2, 0.25) is 0 Å². The molecule has 3 amide bonds. The molecule has 12 nitrogen and oxygen atoms in total. The molecular weight excluding hydrogens is 460 g/mol. The monoisotopic (exact) mass is 480 g/mol. The molecule has 1 aliphatic carbocycles. The Bertz CT molecular complexity index is 1220. The summed E-state index contributed by atoms with van der Waals surface area (Å²) < 4.78 is 0. The molecule has 1 saturated carbocycles. The molecule has 1 saturated heterocycles. The molecule has 0 bridgehead atoms. The lowest BCUT2D eigenvalue weighted by molar-refractivity contribution is -0.385. The topological polar surface area (TPSA) is 161 Å². The molecule has 12 heteroatoms. The van der Waals surface area contributed by atoms with Crippen molar-refractivity contribution in [3.63, 3.8) is 0 Å². The first-order chi connectivity index (χ1) is 16.7. The maximum absolute atomic E-state index is 13.4. The van der Waals surface area contributed by atoms with Crippen LogP contribution in [0.25, 0.3) is 0 Å². The molecule has 0 radical (unpaired) electrons. The van der Waals surface area contributed by atoms with Crippen LogP contribution in [-0.4, -0.2) is 49.9 Å². The molecule has 0 N–H and O–H groups in total. The third-order valence-corrected chi connectivity index (χ3v) is 6.29. The van der Waals surface area contributed by atoms with E-state index in [0.717, 1.165) is 36.0 Å². The predicted octanol–water partition coefficient (Wildman–Crippen LogP) is 2.92. The van der Waals surface area contributed by atoms with Gasteiger partial charge in [0.1, 0.15) is 6.54 Å². The van der Waals surface area contributed by atoms with Gasteiger partial charge in [-0.1, -0.05) is 18.9 Å². The molecule has 2 aliphatic rings. The Labute approximate surface area is 198 Å². The highest BCUT2D eigenvalue weighted by Crippen LogP contribution is 2.39. The van der Waals surface area contributed by atoms with Gasteiger partial charge >= 0.3 is 0 Å². The lowest BCUT2D eigenvalue weighted by Crippen LogP contribution is -2.52. The van der Waals surface area contributed by atoms with Crippen molar-refractivity contribution in [3.05, 3.63) is 79.9 Å². The second-order valence-electron chi connectivity index (χ2n) is 8.38. The number of hydrogen-bond acceptors (Lipinski definition) is 8. The smallest absolute Gasteiger partial charge is 0.273 e. The van der Waals surface area contributed by atoms with Crippen LogP contribution in [0.1, 0.15) is 46.4 Å². The summed E-state index contributed by atoms with van der Waals surface area (Å²) in [4.78, 5) is 73.5. The highest BCUT2D eigenvalue weighted by molar-refractivity contribution is 6.09. The van der Waals surface area contributed by atoms with E-state index in [1.807, 2.05) is 0 Å². The van der Waals surface area contributed by atoms with Crippen molar-refractivity contribution in [3.8, 4) is 0 Å². The average molecular weight is 480 g/mol. The van der Waals surface area contributed by atoms with Gasteiger partial charge in [-0.3, -0.25) is 39.4 Å². The number of nitro benzene ring substituents is 2. The van der Waals surface area contributed by atoms with Crippen LogP contribution in [0.3, 0.4) is 0 Å². The third kappa shape index (κ3) is 4.50. The number of nitrogens with zero attached hydrogens (tertiary/aromatic N) is 4. The molecule has 2 aromatic carbocycles. The second-order valence-corrected chi connectivity index (χ2v) is 8.38. The summed E-state index contributed by atoms with van der Waals surface area (Å²) >= 11 is 0. The molecule has 0 unspecified atom stereocenters. The van der Waals surface area contributed by atoms with Gasteiger partial charge in [0.05, 0.1) is 21.7 Å². The van der Waals surface area contributed by atoms with Gasteiger partial charge in [0, 0.05) is 35.4 Å². The number of non-ortho nitro benzene ring substituents is 2. The van der Waals surface area contributed by atoms with Crippen molar-refractivity contribution in [2.45, 2.75) is 25.7 Å². The van der Waals surface area contributed by atoms with Crippen LogP contribution in [0.15, 0.2) is 48.5 Å². The zero-order valence-corrected chi connectivity index (χ0v) is 18.4. The molecule has 1 heterocycles. The number of Topliss-reactive ketones (excluding diaryl/α,β-unsaturated/α-hetero) is 1. The van der Waals surface area contributed by atoms with E-state index in [0.29, 0.717) is 17.9 Å². The molecule has 2 atom stereocenters. The standard InChI is InChI=1S/C23H20N4O8/c28-20(14-8-10-16(11-9-14)26(32)33)13-24(21(29)15-4-3-5-17(12-15)27(34)35)25-22(30)18-6-1-2-7-19(18)23(25)31/h3-5,8-12,18-19H,1-2,6-7,13H2/t18-,19-/m1/s1. The first kappa shape index (κ1) is 23.7. The van der Waals surface area contributed by atoms with E-state index in [-0.39, 0.29) is 22.5 Å². The first-order valence-electron chi connectivity index (χ1n) is 10.9. The summed E-state index contributed by atoms with van der Waals surface area (Å²) in [6.07, 6.45) is 2.49. The number of carbonyl (C=O) groups excluding carboxylic acids is 4. The molecule has 0 spiro atoms. The van der Waals surface area contributed by atoms with Gasteiger partial charge in [-0.15, -0.1) is 0 Å². The minimum Gasteiger partial charge on any atom is -0.292 e. The van der Waals surface area contributed by atoms with Crippen molar-refractivity contribution in [1.82, 2.24) is 10.0 Å². The van der Waals surface area contributed by atoms with E-state index in [2.05, 4.69) is 0 Å². The molecule has 180 valence electrons. The number of amides is 3. The van der Waals surface area contributed by atoms with Crippen LogP contribution in [0.5, 0.6) is 0 Å². The minimum absolute atomic E-state index is 0.0314. The van der Waals surface area contributed by atoms with Gasteiger partial charge in [-0.05, 0) is 31.0 Å². The number of rotatable bonds is 7. The van der Waals surface area contributed by atoms with Gasteiger partial charge in [-0.25, -0.2) is 5.01 Å². The van der Waals surface area contributed by atoms with Crippen LogP contribution >= 0.6 is 0 Å². The normalized spacial score (nSPS) is 19.3. The van der Waals surface area contributed by atoms with Crippen LogP contribution in [0.2, 0.25) is 0 Å². The Morgan fingerprint density at radius 2 is 1.43 bits per heavy atom. The Hall–Kier alpha value is -4.48. The van der Waals surface area contributed by atoms with E-state index in [9.17, 15) is 39.4 Å². The second kappa shape index (κ2) is 9.41. The first-order valence-corrected chi connectivity index (χ1v) is 10.9. The molecule has 1 aliphatic heterocycles. The largest absolute Gasteiger partial charge is 0.292 e. The van der Waals surface area contributed by atoms with Crippen molar-refractivity contribution in [1.29, 1.82) is 0 Å². The van der Waals surface area contributed by atoms with E-state index >= 15 is 0 Å². The fourth-order valence-corrected chi connectivity index (χ4v) is 4.51. The number of hydrazine groups is 1. The Kier molecular flexibility index (Phi) is 6.36. The summed E-state index contributed by atoms with van der Waals surface area (Å²) in [7, 11) is 0. The van der Waals surface area contributed by atoms with E-state index in [1.54, 1.807) is 0 Å². The fourth-order valence-electron chi connectivity index (χ4n) is 4.51. The molecule has 0 aromatic heterocycles. The van der Waals surface area contributed by atoms with Gasteiger partial charge < -0.3 is 0 Å². The zero-order valence-electron chi connectivity index (χ0n) is 18.4. The van der Waals surface area contributed by atoms with E-state index < -0.39 is 51.7 Å². The maximum atomic E-state index is 13.4. The maximum Gasteiger partial charge on any atom is 0.273 e. The molecular formula is C23H20N4O8. The van der Waals surface area contributed by atoms with E-state index in [1.165, 1.54) is 30.3 Å². The summed E-state index contributed by atoms with van der Waals surface area (Å²) in [5, 5.41) is 23.5. The quantitative estimate of drug-likeness (QED) is 0.253. The Morgan fingerprint density at radius 3 is 1.97 bits per heavy atom. The van der Waals surface area contributed by atoms with Crippen molar-refractivity contribution < 1.29 is 29.0 Å². The zero-order chi connectivity index (χ0) is 25.3.